The van der Waals surface area contributed by atoms with Crippen LogP contribution in [0.15, 0.2) is 23.0 Å². The normalized spacial score (nSPS) is 11.0. The van der Waals surface area contributed by atoms with Gasteiger partial charge in [-0.2, -0.15) is 4.98 Å². The van der Waals surface area contributed by atoms with Gasteiger partial charge in [0, 0.05) is 11.3 Å². The molecule has 0 spiro atoms. The zero-order valence-electron chi connectivity index (χ0n) is 9.57. The van der Waals surface area contributed by atoms with E-state index in [1.165, 1.54) is 0 Å². The van der Waals surface area contributed by atoms with Gasteiger partial charge in [0.05, 0.1) is 5.02 Å². The number of benzene rings is 1. The molecule has 0 fully saturated rings. The van der Waals surface area contributed by atoms with Gasteiger partial charge in [0.2, 0.25) is 5.95 Å². The molecule has 6 N–H and O–H groups in total. The maximum atomic E-state index is 11.7. The Hall–Kier alpha value is -2.54. The molecule has 2 aromatic heterocycles. The summed E-state index contributed by atoms with van der Waals surface area (Å²) in [7, 11) is 0. The minimum absolute atomic E-state index is 0.00854. The van der Waals surface area contributed by atoms with E-state index in [0.29, 0.717) is 22.1 Å². The van der Waals surface area contributed by atoms with E-state index in [1.54, 1.807) is 18.2 Å². The number of nitrogen functional groups attached to an aromatic ring is 2. The summed E-state index contributed by atoms with van der Waals surface area (Å²) in [5.41, 5.74) is 12.4. The highest BCUT2D eigenvalue weighted by atomic mass is 35.5. The maximum absolute atomic E-state index is 11.7. The zero-order chi connectivity index (χ0) is 13.6. The number of imidazole rings is 1. The molecule has 8 heteroatoms. The van der Waals surface area contributed by atoms with Gasteiger partial charge in [0.25, 0.3) is 5.56 Å². The Balaban J connectivity index is 2.29. The molecule has 0 aliphatic carbocycles. The Labute approximate surface area is 111 Å². The van der Waals surface area contributed by atoms with Crippen LogP contribution < -0.4 is 17.0 Å². The molecule has 0 aliphatic rings. The van der Waals surface area contributed by atoms with Gasteiger partial charge in [-0.3, -0.25) is 9.78 Å². The first-order valence-corrected chi connectivity index (χ1v) is 5.73. The highest BCUT2D eigenvalue weighted by molar-refractivity contribution is 6.33. The van der Waals surface area contributed by atoms with Gasteiger partial charge in [-0.25, -0.2) is 4.98 Å². The molecule has 0 aliphatic heterocycles. The molecule has 7 nitrogen and oxygen atoms in total. The Morgan fingerprint density at radius 1 is 1.16 bits per heavy atom. The SMILES string of the molecule is Nc1ccc(Cl)c(-c2nc3nc(N)[nH]c(=O)c3[nH]2)c1. The molecule has 0 radical (unpaired) electrons. The van der Waals surface area contributed by atoms with Crippen LogP contribution in [0.4, 0.5) is 11.6 Å². The number of aromatic nitrogens is 4. The van der Waals surface area contributed by atoms with Crippen LogP contribution in [0.5, 0.6) is 0 Å². The fourth-order valence-electron chi connectivity index (χ4n) is 1.78. The smallest absolute Gasteiger partial charge is 0.278 e. The fourth-order valence-corrected chi connectivity index (χ4v) is 1.98. The van der Waals surface area contributed by atoms with Crippen LogP contribution in [-0.2, 0) is 0 Å². The van der Waals surface area contributed by atoms with Gasteiger partial charge in [0.15, 0.2) is 11.2 Å². The van der Waals surface area contributed by atoms with Crippen molar-refractivity contribution in [2.45, 2.75) is 0 Å². The first-order valence-electron chi connectivity index (χ1n) is 5.35. The number of rotatable bonds is 1. The summed E-state index contributed by atoms with van der Waals surface area (Å²) in [5, 5.41) is 0.470. The van der Waals surface area contributed by atoms with Crippen LogP contribution in [0, 0.1) is 0 Å². The maximum Gasteiger partial charge on any atom is 0.278 e. The number of anilines is 2. The lowest BCUT2D eigenvalue weighted by molar-refractivity contribution is 1.17. The first-order chi connectivity index (χ1) is 9.04. The predicted octanol–water partition coefficient (Wildman–Crippen LogP) is 1.13. The van der Waals surface area contributed by atoms with Crippen LogP contribution in [0.25, 0.3) is 22.6 Å². The molecular formula is C11H9ClN6O. The van der Waals surface area contributed by atoms with Crippen molar-refractivity contribution in [3.05, 3.63) is 33.6 Å². The van der Waals surface area contributed by atoms with E-state index in [2.05, 4.69) is 19.9 Å². The van der Waals surface area contributed by atoms with Gasteiger partial charge >= 0.3 is 0 Å². The molecule has 0 amide bonds. The summed E-state index contributed by atoms with van der Waals surface area (Å²) in [6, 6.07) is 5.00. The standard InChI is InChI=1S/C11H9ClN6O/c12-6-2-1-4(13)3-5(6)8-15-7-9(16-8)17-11(14)18-10(7)19/h1-3H,13H2,(H4,14,15,16,17,18,19). The Bertz CT molecular complexity index is 837. The van der Waals surface area contributed by atoms with Crippen molar-refractivity contribution in [1.82, 2.24) is 19.9 Å². The second-order valence-corrected chi connectivity index (χ2v) is 4.38. The number of halogens is 1. The van der Waals surface area contributed by atoms with Crippen LogP contribution in [-0.4, -0.2) is 19.9 Å². The molecule has 3 rings (SSSR count). The van der Waals surface area contributed by atoms with Crippen LogP contribution >= 0.6 is 11.6 Å². The van der Waals surface area contributed by atoms with Gasteiger partial charge in [-0.05, 0) is 18.2 Å². The summed E-state index contributed by atoms with van der Waals surface area (Å²) in [5.74, 6) is 0.421. The molecular weight excluding hydrogens is 268 g/mol. The molecule has 2 heterocycles. The largest absolute Gasteiger partial charge is 0.399 e. The van der Waals surface area contributed by atoms with Crippen molar-refractivity contribution >= 4 is 34.4 Å². The number of nitrogens with zero attached hydrogens (tertiary/aromatic N) is 2. The number of aromatic amines is 2. The van der Waals surface area contributed by atoms with E-state index in [9.17, 15) is 4.79 Å². The molecule has 0 saturated heterocycles. The van der Waals surface area contributed by atoms with Crippen molar-refractivity contribution in [3.63, 3.8) is 0 Å². The van der Waals surface area contributed by atoms with Gasteiger partial charge in [-0.1, -0.05) is 11.6 Å². The molecule has 1 aromatic carbocycles. The van der Waals surface area contributed by atoms with Crippen LogP contribution in [0.2, 0.25) is 5.02 Å². The molecule has 0 bridgehead atoms. The molecule has 0 saturated carbocycles. The summed E-state index contributed by atoms with van der Waals surface area (Å²) in [6.45, 7) is 0. The summed E-state index contributed by atoms with van der Waals surface area (Å²) >= 11 is 6.08. The molecule has 19 heavy (non-hydrogen) atoms. The summed E-state index contributed by atoms with van der Waals surface area (Å²) in [4.78, 5) is 25.1. The van der Waals surface area contributed by atoms with Gasteiger partial charge < -0.3 is 16.5 Å². The topological polar surface area (TPSA) is 126 Å². The Morgan fingerprint density at radius 2 is 1.95 bits per heavy atom. The molecule has 0 atom stereocenters. The Kier molecular flexibility index (Phi) is 2.42. The number of nitrogens with one attached hydrogen (secondary N) is 2. The number of hydrogen-bond acceptors (Lipinski definition) is 5. The van der Waals surface area contributed by atoms with Crippen molar-refractivity contribution in [1.29, 1.82) is 0 Å². The zero-order valence-corrected chi connectivity index (χ0v) is 10.3. The van der Waals surface area contributed by atoms with E-state index in [4.69, 9.17) is 23.1 Å². The molecule has 96 valence electrons. The third-order valence-electron chi connectivity index (χ3n) is 2.63. The third-order valence-corrected chi connectivity index (χ3v) is 2.95. The first kappa shape index (κ1) is 11.5. The van der Waals surface area contributed by atoms with E-state index in [-0.39, 0.29) is 22.7 Å². The fraction of sp³-hybridized carbons (Fsp3) is 0. The van der Waals surface area contributed by atoms with Crippen molar-refractivity contribution in [2.24, 2.45) is 0 Å². The minimum atomic E-state index is -0.388. The molecule has 3 aromatic rings. The van der Waals surface area contributed by atoms with Crippen LogP contribution in [0.1, 0.15) is 0 Å². The second kappa shape index (κ2) is 3.99. The lowest BCUT2D eigenvalue weighted by Gasteiger charge is -2.01. The van der Waals surface area contributed by atoms with Crippen molar-refractivity contribution in [3.8, 4) is 11.4 Å². The van der Waals surface area contributed by atoms with Crippen molar-refractivity contribution < 1.29 is 0 Å². The van der Waals surface area contributed by atoms with Crippen molar-refractivity contribution in [2.75, 3.05) is 11.5 Å². The average molecular weight is 277 g/mol. The lowest BCUT2D eigenvalue weighted by atomic mass is 10.2. The molecule has 0 unspecified atom stereocenters. The van der Waals surface area contributed by atoms with Gasteiger partial charge in [0.1, 0.15) is 5.82 Å². The van der Waals surface area contributed by atoms with Gasteiger partial charge in [-0.15, -0.1) is 0 Å². The number of fused-ring (bicyclic) bond motifs is 1. The number of H-pyrrole nitrogens is 2. The van der Waals surface area contributed by atoms with E-state index >= 15 is 0 Å². The predicted molar refractivity (Wildman–Crippen MR) is 73.8 cm³/mol. The highest BCUT2D eigenvalue weighted by Gasteiger charge is 2.12. The van der Waals surface area contributed by atoms with Crippen LogP contribution in [0.3, 0.4) is 0 Å². The highest BCUT2D eigenvalue weighted by Crippen LogP contribution is 2.28. The summed E-state index contributed by atoms with van der Waals surface area (Å²) < 4.78 is 0. The lowest BCUT2D eigenvalue weighted by Crippen LogP contribution is -2.10. The van der Waals surface area contributed by atoms with E-state index in [1.807, 2.05) is 0 Å². The Morgan fingerprint density at radius 3 is 2.74 bits per heavy atom. The quantitative estimate of drug-likeness (QED) is 0.496. The minimum Gasteiger partial charge on any atom is -0.399 e. The van der Waals surface area contributed by atoms with E-state index in [0.717, 1.165) is 0 Å². The number of nitrogens with two attached hydrogens (primary N) is 2. The third kappa shape index (κ3) is 1.89. The average Bonchev–Trinajstić information content (AvgIpc) is 2.76. The number of hydrogen-bond donors (Lipinski definition) is 4. The summed E-state index contributed by atoms with van der Waals surface area (Å²) in [6.07, 6.45) is 0. The van der Waals surface area contributed by atoms with E-state index < -0.39 is 0 Å². The monoisotopic (exact) mass is 276 g/mol. The second-order valence-electron chi connectivity index (χ2n) is 3.97.